The lowest BCUT2D eigenvalue weighted by Crippen LogP contribution is -2.49. The number of anilines is 2. The van der Waals surface area contributed by atoms with Gasteiger partial charge < -0.3 is 15.1 Å². The van der Waals surface area contributed by atoms with Crippen molar-refractivity contribution in [1.29, 1.82) is 0 Å². The van der Waals surface area contributed by atoms with Crippen LogP contribution in [0, 0.1) is 0 Å². The second-order valence-corrected chi connectivity index (χ2v) is 7.97. The lowest BCUT2D eigenvalue weighted by Gasteiger charge is -2.34. The fourth-order valence-electron chi connectivity index (χ4n) is 3.12. The second kappa shape index (κ2) is 8.37. The Labute approximate surface area is 165 Å². The third-order valence-electron chi connectivity index (χ3n) is 4.81. The summed E-state index contributed by atoms with van der Waals surface area (Å²) < 4.78 is 0. The number of amides is 2. The quantitative estimate of drug-likeness (QED) is 0.823. The molecule has 2 amide bonds. The summed E-state index contributed by atoms with van der Waals surface area (Å²) in [6.07, 6.45) is 3.26. The van der Waals surface area contributed by atoms with E-state index in [2.05, 4.69) is 36.1 Å². The van der Waals surface area contributed by atoms with Gasteiger partial charge in [-0.3, -0.25) is 9.59 Å². The fourth-order valence-corrected chi connectivity index (χ4v) is 3.12. The minimum atomic E-state index is -0.290. The molecule has 0 bridgehead atoms. The highest BCUT2D eigenvalue weighted by atomic mass is 16.2. The molecule has 0 spiro atoms. The first-order valence-electron chi connectivity index (χ1n) is 9.53. The van der Waals surface area contributed by atoms with E-state index in [0.717, 1.165) is 0 Å². The Hall–Kier alpha value is -2.96. The molecular weight excluding hydrogens is 354 g/mol. The second-order valence-electron chi connectivity index (χ2n) is 7.97. The van der Waals surface area contributed by atoms with E-state index < -0.39 is 0 Å². The van der Waals surface area contributed by atoms with Crippen LogP contribution in [-0.4, -0.2) is 52.9 Å². The van der Waals surface area contributed by atoms with Crippen molar-refractivity contribution in [2.24, 2.45) is 0 Å². The van der Waals surface area contributed by atoms with Gasteiger partial charge in [0.1, 0.15) is 6.42 Å². The molecule has 1 aromatic heterocycles. The Kier molecular flexibility index (Phi) is 5.92. The lowest BCUT2D eigenvalue weighted by molar-refractivity contribution is -0.134. The zero-order chi connectivity index (χ0) is 20.1. The highest BCUT2D eigenvalue weighted by Crippen LogP contribution is 2.23. The maximum atomic E-state index is 12.4. The molecule has 0 atom stereocenters. The molecule has 0 unspecified atom stereocenters. The summed E-state index contributed by atoms with van der Waals surface area (Å²) in [5.41, 5.74) is 1.96. The van der Waals surface area contributed by atoms with Crippen molar-refractivity contribution < 1.29 is 9.59 Å². The van der Waals surface area contributed by atoms with E-state index in [1.165, 1.54) is 5.56 Å². The summed E-state index contributed by atoms with van der Waals surface area (Å²) in [5.74, 6) is 0.228. The summed E-state index contributed by atoms with van der Waals surface area (Å²) in [6.45, 7) is 8.86. The van der Waals surface area contributed by atoms with Gasteiger partial charge in [-0.1, -0.05) is 32.9 Å². The molecule has 1 aliphatic heterocycles. The maximum absolute atomic E-state index is 12.4. The zero-order valence-electron chi connectivity index (χ0n) is 16.7. The number of nitrogens with zero attached hydrogens (tertiary/aromatic N) is 4. The molecule has 3 rings (SSSR count). The minimum absolute atomic E-state index is 0.0610. The van der Waals surface area contributed by atoms with Crippen LogP contribution in [0.15, 0.2) is 42.7 Å². The van der Waals surface area contributed by atoms with Crippen molar-refractivity contribution in [2.75, 3.05) is 36.4 Å². The first-order chi connectivity index (χ1) is 13.3. The molecule has 7 heteroatoms. The van der Waals surface area contributed by atoms with Crippen LogP contribution in [-0.2, 0) is 15.0 Å². The van der Waals surface area contributed by atoms with Crippen LogP contribution in [0.5, 0.6) is 0 Å². The van der Waals surface area contributed by atoms with Gasteiger partial charge in [0.2, 0.25) is 17.8 Å². The number of piperazine rings is 1. The van der Waals surface area contributed by atoms with Gasteiger partial charge in [-0.2, -0.15) is 0 Å². The van der Waals surface area contributed by atoms with E-state index in [4.69, 9.17) is 0 Å². The van der Waals surface area contributed by atoms with Crippen molar-refractivity contribution in [3.63, 3.8) is 0 Å². The summed E-state index contributed by atoms with van der Waals surface area (Å²) in [4.78, 5) is 36.9. The molecule has 0 radical (unpaired) electrons. The van der Waals surface area contributed by atoms with Crippen LogP contribution in [0.3, 0.4) is 0 Å². The molecule has 0 saturated carbocycles. The van der Waals surface area contributed by atoms with E-state index >= 15 is 0 Å². The molecule has 2 aromatic rings. The third-order valence-corrected chi connectivity index (χ3v) is 4.81. The maximum Gasteiger partial charge on any atom is 0.233 e. The van der Waals surface area contributed by atoms with Gasteiger partial charge in [-0.15, -0.1) is 0 Å². The first-order valence-corrected chi connectivity index (χ1v) is 9.53. The molecule has 1 aliphatic rings. The topological polar surface area (TPSA) is 78.4 Å². The normalized spacial score (nSPS) is 14.7. The predicted octanol–water partition coefficient (Wildman–Crippen LogP) is 2.45. The number of rotatable bonds is 4. The summed E-state index contributed by atoms with van der Waals surface area (Å²) >= 11 is 0. The molecule has 1 N–H and O–H groups in total. The first kappa shape index (κ1) is 19.8. The Balaban J connectivity index is 1.48. The van der Waals surface area contributed by atoms with Gasteiger partial charge in [-0.25, -0.2) is 9.97 Å². The summed E-state index contributed by atoms with van der Waals surface area (Å²) in [5, 5.41) is 2.81. The predicted molar refractivity (Wildman–Crippen MR) is 109 cm³/mol. The van der Waals surface area contributed by atoms with E-state index in [1.54, 1.807) is 23.4 Å². The van der Waals surface area contributed by atoms with Crippen molar-refractivity contribution in [3.8, 4) is 0 Å². The summed E-state index contributed by atoms with van der Waals surface area (Å²) in [7, 11) is 0. The van der Waals surface area contributed by atoms with Crippen LogP contribution < -0.4 is 10.2 Å². The molecule has 2 heterocycles. The number of nitrogens with one attached hydrogen (secondary N) is 1. The van der Waals surface area contributed by atoms with Crippen molar-refractivity contribution >= 4 is 23.5 Å². The Morgan fingerprint density at radius 1 is 1.00 bits per heavy atom. The molecule has 7 nitrogen and oxygen atoms in total. The van der Waals surface area contributed by atoms with Crippen molar-refractivity contribution in [3.05, 3.63) is 48.3 Å². The largest absolute Gasteiger partial charge is 0.339 e. The monoisotopic (exact) mass is 381 g/mol. The highest BCUT2D eigenvalue weighted by molar-refractivity contribution is 6.03. The number of carbonyl (C=O) groups excluding carboxylic acids is 2. The van der Waals surface area contributed by atoms with Gasteiger partial charge in [0.15, 0.2) is 0 Å². The molecule has 1 fully saturated rings. The van der Waals surface area contributed by atoms with Crippen LogP contribution in [0.25, 0.3) is 0 Å². The highest BCUT2D eigenvalue weighted by Gasteiger charge is 2.24. The van der Waals surface area contributed by atoms with Gasteiger partial charge in [0, 0.05) is 44.3 Å². The molecule has 148 valence electrons. The molecular formula is C21H27N5O2. The van der Waals surface area contributed by atoms with E-state index in [9.17, 15) is 9.59 Å². The molecule has 1 saturated heterocycles. The van der Waals surface area contributed by atoms with Crippen molar-refractivity contribution in [1.82, 2.24) is 14.9 Å². The molecule has 28 heavy (non-hydrogen) atoms. The number of carbonyl (C=O) groups is 2. The van der Waals surface area contributed by atoms with Crippen molar-refractivity contribution in [2.45, 2.75) is 32.6 Å². The smallest absolute Gasteiger partial charge is 0.233 e. The van der Waals surface area contributed by atoms with Crippen LogP contribution in [0.1, 0.15) is 32.8 Å². The van der Waals surface area contributed by atoms with E-state index in [1.807, 2.05) is 29.2 Å². The lowest BCUT2D eigenvalue weighted by atomic mass is 9.87. The van der Waals surface area contributed by atoms with E-state index in [0.29, 0.717) is 37.8 Å². The minimum Gasteiger partial charge on any atom is -0.339 e. The zero-order valence-corrected chi connectivity index (χ0v) is 16.7. The third kappa shape index (κ3) is 5.06. The van der Waals surface area contributed by atoms with Gasteiger partial charge in [0.25, 0.3) is 0 Å². The van der Waals surface area contributed by atoms with Gasteiger partial charge >= 0.3 is 0 Å². The van der Waals surface area contributed by atoms with E-state index in [-0.39, 0.29) is 23.7 Å². The Morgan fingerprint density at radius 3 is 2.18 bits per heavy atom. The SMILES string of the molecule is CC(C)(C)c1ccc(NC(=O)CC(=O)N2CCN(c3ncccn3)CC2)cc1. The fraction of sp³-hybridized carbons (Fsp3) is 0.429. The standard InChI is InChI=1S/C21H27N5O2/c1-21(2,3)16-5-7-17(8-6-16)24-18(27)15-19(28)25-11-13-26(14-12-25)20-22-9-4-10-23-20/h4-10H,11-15H2,1-3H3,(H,24,27). The Bertz CT molecular complexity index is 807. The number of aromatic nitrogens is 2. The van der Waals surface area contributed by atoms with Gasteiger partial charge in [0.05, 0.1) is 0 Å². The van der Waals surface area contributed by atoms with Gasteiger partial charge in [-0.05, 0) is 29.2 Å². The van der Waals surface area contributed by atoms with Crippen LogP contribution >= 0.6 is 0 Å². The van der Waals surface area contributed by atoms with Crippen LogP contribution in [0.2, 0.25) is 0 Å². The molecule has 1 aromatic carbocycles. The summed E-state index contributed by atoms with van der Waals surface area (Å²) in [6, 6.07) is 9.53. The number of hydrogen-bond donors (Lipinski definition) is 1. The molecule has 0 aliphatic carbocycles. The van der Waals surface area contributed by atoms with Crippen LogP contribution in [0.4, 0.5) is 11.6 Å². The average molecular weight is 381 g/mol. The Morgan fingerprint density at radius 2 is 1.61 bits per heavy atom. The number of hydrogen-bond acceptors (Lipinski definition) is 5. The number of benzene rings is 1. The average Bonchev–Trinajstić information content (AvgIpc) is 2.68.